The highest BCUT2D eigenvalue weighted by atomic mass is 19.1. The smallest absolute Gasteiger partial charge is 0.123 e. The minimum Gasteiger partial charge on any atom is -0.394 e. The molecule has 130 valence electrons. The predicted molar refractivity (Wildman–Crippen MR) is 92.5 cm³/mol. The molecule has 0 bridgehead atoms. The molecule has 1 aliphatic heterocycles. The van der Waals surface area contributed by atoms with Crippen LogP contribution in [-0.2, 0) is 13.0 Å². The van der Waals surface area contributed by atoms with Crippen LogP contribution in [0.3, 0.4) is 0 Å². The largest absolute Gasteiger partial charge is 0.394 e. The van der Waals surface area contributed by atoms with E-state index in [0.29, 0.717) is 12.6 Å². The average Bonchev–Trinajstić information content (AvgIpc) is 3.03. The Labute approximate surface area is 142 Å². The van der Waals surface area contributed by atoms with Crippen molar-refractivity contribution in [3.05, 3.63) is 48.0 Å². The lowest BCUT2D eigenvalue weighted by atomic mass is 10.0. The Morgan fingerprint density at radius 1 is 1.17 bits per heavy atom. The third-order valence-electron chi connectivity index (χ3n) is 4.55. The van der Waals surface area contributed by atoms with Crippen molar-refractivity contribution in [2.24, 2.45) is 0 Å². The van der Waals surface area contributed by atoms with Crippen molar-refractivity contribution in [2.75, 3.05) is 31.6 Å². The second-order valence-electron chi connectivity index (χ2n) is 6.35. The van der Waals surface area contributed by atoms with Crippen molar-refractivity contribution in [3.63, 3.8) is 0 Å². The Morgan fingerprint density at radius 2 is 1.92 bits per heavy atom. The SMILES string of the molecule is OCCn1cc(NC2CCN(CCc3ccc(F)cc3)CC2)cn1. The third kappa shape index (κ3) is 4.79. The van der Waals surface area contributed by atoms with Crippen LogP contribution < -0.4 is 5.32 Å². The number of hydrogen-bond acceptors (Lipinski definition) is 4. The topological polar surface area (TPSA) is 53.3 Å². The zero-order valence-corrected chi connectivity index (χ0v) is 13.9. The van der Waals surface area contributed by atoms with Crippen LogP contribution in [0.4, 0.5) is 10.1 Å². The summed E-state index contributed by atoms with van der Waals surface area (Å²) in [7, 11) is 0. The summed E-state index contributed by atoms with van der Waals surface area (Å²) in [6.07, 6.45) is 6.93. The van der Waals surface area contributed by atoms with Gasteiger partial charge in [-0.3, -0.25) is 4.68 Å². The first-order chi connectivity index (χ1) is 11.7. The molecule has 0 unspecified atom stereocenters. The van der Waals surface area contributed by atoms with Crippen molar-refractivity contribution in [1.82, 2.24) is 14.7 Å². The summed E-state index contributed by atoms with van der Waals surface area (Å²) in [6, 6.07) is 7.27. The maximum Gasteiger partial charge on any atom is 0.123 e. The molecule has 5 nitrogen and oxygen atoms in total. The number of rotatable bonds is 7. The van der Waals surface area contributed by atoms with Crippen LogP contribution in [0.1, 0.15) is 18.4 Å². The molecular weight excluding hydrogens is 307 g/mol. The highest BCUT2D eigenvalue weighted by molar-refractivity contribution is 5.39. The number of aliphatic hydroxyl groups is 1. The molecule has 2 aromatic rings. The first kappa shape index (κ1) is 16.9. The van der Waals surface area contributed by atoms with E-state index >= 15 is 0 Å². The van der Waals surface area contributed by atoms with E-state index in [1.165, 1.54) is 17.7 Å². The molecule has 1 saturated heterocycles. The molecule has 1 aliphatic rings. The average molecular weight is 332 g/mol. The number of piperidine rings is 1. The van der Waals surface area contributed by atoms with E-state index in [9.17, 15) is 4.39 Å². The van der Waals surface area contributed by atoms with Gasteiger partial charge in [-0.15, -0.1) is 0 Å². The number of aliphatic hydroxyl groups excluding tert-OH is 1. The number of nitrogens with one attached hydrogen (secondary N) is 1. The van der Waals surface area contributed by atoms with Gasteiger partial charge in [-0.25, -0.2) is 4.39 Å². The summed E-state index contributed by atoms with van der Waals surface area (Å²) in [6.45, 7) is 3.80. The Hall–Kier alpha value is -1.92. The lowest BCUT2D eigenvalue weighted by molar-refractivity contribution is 0.221. The van der Waals surface area contributed by atoms with Gasteiger partial charge in [0.1, 0.15) is 5.82 Å². The van der Waals surface area contributed by atoms with Gasteiger partial charge >= 0.3 is 0 Å². The second kappa shape index (κ2) is 8.26. The highest BCUT2D eigenvalue weighted by Crippen LogP contribution is 2.16. The van der Waals surface area contributed by atoms with Crippen LogP contribution in [0.5, 0.6) is 0 Å². The molecule has 1 fully saturated rings. The van der Waals surface area contributed by atoms with E-state index < -0.39 is 0 Å². The first-order valence-electron chi connectivity index (χ1n) is 8.59. The van der Waals surface area contributed by atoms with Crippen molar-refractivity contribution in [2.45, 2.75) is 31.8 Å². The quantitative estimate of drug-likeness (QED) is 0.816. The van der Waals surface area contributed by atoms with Gasteiger partial charge in [0, 0.05) is 31.9 Å². The Balaban J connectivity index is 1.39. The maximum absolute atomic E-state index is 12.9. The number of aromatic nitrogens is 2. The number of benzene rings is 1. The van der Waals surface area contributed by atoms with Crippen LogP contribution in [-0.4, -0.2) is 52.1 Å². The van der Waals surface area contributed by atoms with Gasteiger partial charge in [-0.2, -0.15) is 5.10 Å². The molecule has 24 heavy (non-hydrogen) atoms. The maximum atomic E-state index is 12.9. The molecule has 0 saturated carbocycles. The fourth-order valence-corrected chi connectivity index (χ4v) is 3.14. The molecular formula is C18H25FN4O. The normalized spacial score (nSPS) is 16.4. The molecule has 6 heteroatoms. The second-order valence-corrected chi connectivity index (χ2v) is 6.35. The van der Waals surface area contributed by atoms with Gasteiger partial charge in [0.05, 0.1) is 25.0 Å². The van der Waals surface area contributed by atoms with Gasteiger partial charge in [-0.05, 0) is 37.0 Å². The summed E-state index contributed by atoms with van der Waals surface area (Å²) in [5.74, 6) is -0.173. The van der Waals surface area contributed by atoms with Crippen LogP contribution in [0.2, 0.25) is 0 Å². The van der Waals surface area contributed by atoms with Crippen molar-refractivity contribution in [3.8, 4) is 0 Å². The van der Waals surface area contributed by atoms with Crippen LogP contribution in [0.15, 0.2) is 36.7 Å². The van der Waals surface area contributed by atoms with Gasteiger partial charge in [0.2, 0.25) is 0 Å². The number of likely N-dealkylation sites (tertiary alicyclic amines) is 1. The number of nitrogens with zero attached hydrogens (tertiary/aromatic N) is 3. The summed E-state index contributed by atoms with van der Waals surface area (Å²) in [5, 5.41) is 16.7. The predicted octanol–water partition coefficient (Wildman–Crippen LogP) is 2.13. The molecule has 0 spiro atoms. The third-order valence-corrected chi connectivity index (χ3v) is 4.55. The van der Waals surface area contributed by atoms with Gasteiger partial charge in [0.15, 0.2) is 0 Å². The minimum absolute atomic E-state index is 0.105. The van der Waals surface area contributed by atoms with Crippen molar-refractivity contribution < 1.29 is 9.50 Å². The molecule has 2 heterocycles. The number of halogens is 1. The standard InChI is InChI=1S/C18H25FN4O/c19-16-3-1-15(2-4-16)5-8-22-9-6-17(7-10-22)21-18-13-20-23(14-18)11-12-24/h1-4,13-14,17,21,24H,5-12H2. The molecule has 3 rings (SSSR count). The van der Waals surface area contributed by atoms with E-state index in [1.54, 1.807) is 4.68 Å². The highest BCUT2D eigenvalue weighted by Gasteiger charge is 2.19. The first-order valence-corrected chi connectivity index (χ1v) is 8.59. The van der Waals surface area contributed by atoms with Gasteiger partial charge in [-0.1, -0.05) is 12.1 Å². The Bertz CT molecular complexity index is 620. The summed E-state index contributed by atoms with van der Waals surface area (Å²) in [5.41, 5.74) is 2.21. The molecule has 0 amide bonds. The molecule has 0 radical (unpaired) electrons. The van der Waals surface area contributed by atoms with Crippen molar-refractivity contribution in [1.29, 1.82) is 0 Å². The zero-order chi connectivity index (χ0) is 16.8. The number of anilines is 1. The molecule has 1 aromatic carbocycles. The van der Waals surface area contributed by atoms with E-state index in [4.69, 9.17) is 5.11 Å². The minimum atomic E-state index is -0.173. The lowest BCUT2D eigenvalue weighted by Crippen LogP contribution is -2.39. The summed E-state index contributed by atoms with van der Waals surface area (Å²) < 4.78 is 14.7. The Kier molecular flexibility index (Phi) is 5.82. The van der Waals surface area contributed by atoms with Gasteiger partial charge in [0.25, 0.3) is 0 Å². The van der Waals surface area contributed by atoms with E-state index in [-0.39, 0.29) is 12.4 Å². The molecule has 2 N–H and O–H groups in total. The van der Waals surface area contributed by atoms with E-state index in [0.717, 1.165) is 44.6 Å². The monoisotopic (exact) mass is 332 g/mol. The fourth-order valence-electron chi connectivity index (χ4n) is 3.14. The van der Waals surface area contributed by atoms with Gasteiger partial charge < -0.3 is 15.3 Å². The molecule has 1 aromatic heterocycles. The lowest BCUT2D eigenvalue weighted by Gasteiger charge is -2.32. The van der Waals surface area contributed by atoms with E-state index in [1.807, 2.05) is 24.5 Å². The van der Waals surface area contributed by atoms with Crippen LogP contribution in [0, 0.1) is 5.82 Å². The Morgan fingerprint density at radius 3 is 2.62 bits per heavy atom. The molecule has 0 aliphatic carbocycles. The molecule has 0 atom stereocenters. The number of hydrogen-bond donors (Lipinski definition) is 2. The zero-order valence-electron chi connectivity index (χ0n) is 13.9. The van der Waals surface area contributed by atoms with Crippen LogP contribution >= 0.6 is 0 Å². The fraction of sp³-hybridized carbons (Fsp3) is 0.500. The van der Waals surface area contributed by atoms with E-state index in [2.05, 4.69) is 15.3 Å². The summed E-state index contributed by atoms with van der Waals surface area (Å²) >= 11 is 0. The van der Waals surface area contributed by atoms with Crippen LogP contribution in [0.25, 0.3) is 0 Å². The van der Waals surface area contributed by atoms with Crippen molar-refractivity contribution >= 4 is 5.69 Å². The summed E-state index contributed by atoms with van der Waals surface area (Å²) in [4.78, 5) is 2.47.